The van der Waals surface area contributed by atoms with Gasteiger partial charge in [-0.15, -0.1) is 10.8 Å². The molecular formula is C11H19NO2S. The standard InChI is InChI=1S/C11H19NO2S/c1-4-10(3)12-15(13,14)11-7-5-9(2)6-8-11/h5-8,10,12-14H,4H2,1-3H3. The maximum atomic E-state index is 9.91. The Morgan fingerprint density at radius 3 is 2.27 bits per heavy atom. The molecule has 15 heavy (non-hydrogen) atoms. The molecule has 0 radical (unpaired) electrons. The van der Waals surface area contributed by atoms with Crippen LogP contribution in [0.1, 0.15) is 25.8 Å². The Kier molecular flexibility index (Phi) is 4.16. The van der Waals surface area contributed by atoms with Gasteiger partial charge in [0.1, 0.15) is 0 Å². The lowest BCUT2D eigenvalue weighted by Gasteiger charge is -2.35. The quantitative estimate of drug-likeness (QED) is 0.741. The van der Waals surface area contributed by atoms with Crippen LogP contribution in [-0.4, -0.2) is 15.1 Å². The predicted molar refractivity (Wildman–Crippen MR) is 65.2 cm³/mol. The largest absolute Gasteiger partial charge is 0.282 e. The average Bonchev–Trinajstić information content (AvgIpc) is 2.17. The van der Waals surface area contributed by atoms with Gasteiger partial charge in [0.25, 0.3) is 0 Å². The Hall–Kier alpha value is -0.550. The van der Waals surface area contributed by atoms with Gasteiger partial charge in [0, 0.05) is 6.04 Å². The van der Waals surface area contributed by atoms with E-state index in [0.29, 0.717) is 4.90 Å². The van der Waals surface area contributed by atoms with Crippen molar-refractivity contribution in [2.45, 2.75) is 38.1 Å². The highest BCUT2D eigenvalue weighted by Crippen LogP contribution is 2.44. The van der Waals surface area contributed by atoms with Gasteiger partial charge < -0.3 is 0 Å². The summed E-state index contributed by atoms with van der Waals surface area (Å²) in [7, 11) is -2.84. The fourth-order valence-electron chi connectivity index (χ4n) is 1.16. The lowest BCUT2D eigenvalue weighted by Crippen LogP contribution is -2.28. The summed E-state index contributed by atoms with van der Waals surface area (Å²) in [4.78, 5) is 0.549. The topological polar surface area (TPSA) is 52.5 Å². The van der Waals surface area contributed by atoms with E-state index >= 15 is 0 Å². The van der Waals surface area contributed by atoms with Crippen LogP contribution in [-0.2, 0) is 0 Å². The lowest BCUT2D eigenvalue weighted by atomic mass is 10.2. The Morgan fingerprint density at radius 2 is 1.80 bits per heavy atom. The number of nitrogens with one attached hydrogen (secondary N) is 1. The third-order valence-corrected chi connectivity index (χ3v) is 3.99. The number of aryl methyl sites for hydroxylation is 1. The molecule has 0 heterocycles. The Bertz CT molecular complexity index is 311. The van der Waals surface area contributed by atoms with Crippen LogP contribution in [0.5, 0.6) is 0 Å². The van der Waals surface area contributed by atoms with Gasteiger partial charge in [-0.3, -0.25) is 9.11 Å². The predicted octanol–water partition coefficient (Wildman–Crippen LogP) is 3.41. The molecule has 0 aromatic heterocycles. The molecule has 1 atom stereocenters. The number of hydrogen-bond acceptors (Lipinski definition) is 3. The van der Waals surface area contributed by atoms with Gasteiger partial charge in [0.15, 0.2) is 0 Å². The Balaban J connectivity index is 2.80. The fraction of sp³-hybridized carbons (Fsp3) is 0.455. The molecule has 1 rings (SSSR count). The van der Waals surface area contributed by atoms with Crippen LogP contribution in [0, 0.1) is 6.92 Å². The Labute approximate surface area is 93.0 Å². The van der Waals surface area contributed by atoms with Gasteiger partial charge in [0.2, 0.25) is 0 Å². The normalized spacial score (nSPS) is 15.0. The van der Waals surface area contributed by atoms with Crippen molar-refractivity contribution >= 4 is 10.8 Å². The van der Waals surface area contributed by atoms with Gasteiger partial charge in [-0.1, -0.05) is 24.6 Å². The molecule has 1 aromatic carbocycles. The first-order chi connectivity index (χ1) is 6.95. The molecule has 3 nitrogen and oxygen atoms in total. The van der Waals surface area contributed by atoms with Crippen molar-refractivity contribution in [3.05, 3.63) is 29.8 Å². The summed E-state index contributed by atoms with van der Waals surface area (Å²) < 4.78 is 22.6. The first-order valence-corrected chi connectivity index (χ1v) is 6.62. The summed E-state index contributed by atoms with van der Waals surface area (Å²) in [5.41, 5.74) is 1.11. The van der Waals surface area contributed by atoms with Gasteiger partial charge >= 0.3 is 0 Å². The van der Waals surface area contributed by atoms with Gasteiger partial charge in [-0.2, -0.15) is 0 Å². The summed E-state index contributed by atoms with van der Waals surface area (Å²) in [5.74, 6) is 0. The van der Waals surface area contributed by atoms with Crippen LogP contribution in [0.3, 0.4) is 0 Å². The van der Waals surface area contributed by atoms with E-state index in [1.54, 1.807) is 12.1 Å². The van der Waals surface area contributed by atoms with Crippen LogP contribution < -0.4 is 4.72 Å². The molecule has 86 valence electrons. The smallest absolute Gasteiger partial charge is 0.0750 e. The molecule has 0 spiro atoms. The lowest BCUT2D eigenvalue weighted by molar-refractivity contribution is 0.454. The third-order valence-electron chi connectivity index (χ3n) is 2.33. The monoisotopic (exact) mass is 229 g/mol. The zero-order valence-corrected chi connectivity index (χ0v) is 10.2. The highest BCUT2D eigenvalue weighted by atomic mass is 32.3. The first-order valence-electron chi connectivity index (χ1n) is 5.08. The summed E-state index contributed by atoms with van der Waals surface area (Å²) in [6.45, 7) is 5.91. The maximum absolute atomic E-state index is 9.91. The molecule has 0 bridgehead atoms. The van der Waals surface area contributed by atoms with Crippen molar-refractivity contribution in [2.24, 2.45) is 0 Å². The molecule has 1 unspecified atom stereocenters. The van der Waals surface area contributed by atoms with E-state index in [-0.39, 0.29) is 6.04 Å². The summed E-state index contributed by atoms with van der Waals surface area (Å²) in [6, 6.07) is 7.35. The van der Waals surface area contributed by atoms with E-state index < -0.39 is 10.8 Å². The minimum atomic E-state index is -2.84. The second kappa shape index (κ2) is 4.99. The second-order valence-electron chi connectivity index (χ2n) is 3.79. The molecule has 1 aromatic rings. The van der Waals surface area contributed by atoms with Crippen molar-refractivity contribution in [2.75, 3.05) is 0 Å². The summed E-state index contributed by atoms with van der Waals surface area (Å²) in [5, 5.41) is 0. The zero-order chi connectivity index (χ0) is 11.5. The zero-order valence-electron chi connectivity index (χ0n) is 9.40. The minimum Gasteiger partial charge on any atom is -0.282 e. The van der Waals surface area contributed by atoms with Crippen molar-refractivity contribution in [1.82, 2.24) is 4.72 Å². The number of rotatable bonds is 4. The molecule has 4 heteroatoms. The fourth-order valence-corrected chi connectivity index (χ4v) is 2.54. The van der Waals surface area contributed by atoms with Crippen molar-refractivity contribution in [3.8, 4) is 0 Å². The molecule has 3 N–H and O–H groups in total. The van der Waals surface area contributed by atoms with Gasteiger partial charge in [-0.05, 0) is 32.4 Å². The van der Waals surface area contributed by atoms with Crippen molar-refractivity contribution in [3.63, 3.8) is 0 Å². The third kappa shape index (κ3) is 3.50. The average molecular weight is 229 g/mol. The van der Waals surface area contributed by atoms with E-state index in [9.17, 15) is 9.11 Å². The highest BCUT2D eigenvalue weighted by molar-refractivity contribution is 8.22. The molecule has 0 fully saturated rings. The van der Waals surface area contributed by atoms with Crippen LogP contribution in [0.25, 0.3) is 0 Å². The number of hydrogen-bond donors (Lipinski definition) is 3. The molecule has 0 aliphatic heterocycles. The van der Waals surface area contributed by atoms with Crippen molar-refractivity contribution in [1.29, 1.82) is 0 Å². The van der Waals surface area contributed by atoms with Gasteiger partial charge in [-0.25, -0.2) is 4.72 Å². The minimum absolute atomic E-state index is 0.0938. The molecule has 0 amide bonds. The van der Waals surface area contributed by atoms with Crippen LogP contribution in [0.15, 0.2) is 29.2 Å². The number of benzene rings is 1. The van der Waals surface area contributed by atoms with E-state index in [2.05, 4.69) is 4.72 Å². The SMILES string of the molecule is CCC(C)NS(O)(O)c1ccc(C)cc1. The van der Waals surface area contributed by atoms with E-state index in [0.717, 1.165) is 12.0 Å². The van der Waals surface area contributed by atoms with Crippen LogP contribution >= 0.6 is 10.8 Å². The molecule has 0 aliphatic rings. The molecular weight excluding hydrogens is 210 g/mol. The van der Waals surface area contributed by atoms with E-state index in [1.807, 2.05) is 32.9 Å². The van der Waals surface area contributed by atoms with E-state index in [1.165, 1.54) is 0 Å². The summed E-state index contributed by atoms with van der Waals surface area (Å²) in [6.07, 6.45) is 0.863. The maximum Gasteiger partial charge on any atom is 0.0750 e. The molecule has 0 saturated heterocycles. The van der Waals surface area contributed by atoms with Crippen molar-refractivity contribution < 1.29 is 9.11 Å². The molecule has 0 saturated carbocycles. The highest BCUT2D eigenvalue weighted by Gasteiger charge is 2.16. The van der Waals surface area contributed by atoms with Gasteiger partial charge in [0.05, 0.1) is 4.90 Å². The first kappa shape index (κ1) is 12.5. The van der Waals surface area contributed by atoms with E-state index in [4.69, 9.17) is 0 Å². The summed E-state index contributed by atoms with van der Waals surface area (Å²) >= 11 is 0. The van der Waals surface area contributed by atoms with Crippen LogP contribution in [0.4, 0.5) is 0 Å². The Morgan fingerprint density at radius 1 is 1.27 bits per heavy atom. The molecule has 0 aliphatic carbocycles. The van der Waals surface area contributed by atoms with Crippen LogP contribution in [0.2, 0.25) is 0 Å². The second-order valence-corrected chi connectivity index (χ2v) is 5.59.